The molecule has 0 unspecified atom stereocenters. The maximum absolute atomic E-state index is 11.3. The summed E-state index contributed by atoms with van der Waals surface area (Å²) in [6.07, 6.45) is 0. The second kappa shape index (κ2) is 6.39. The Balaban J connectivity index is 2.76. The van der Waals surface area contributed by atoms with Gasteiger partial charge in [-0.05, 0) is 12.1 Å². The van der Waals surface area contributed by atoms with Gasteiger partial charge in [-0.2, -0.15) is 8.42 Å². The normalized spacial score (nSPS) is 12.3. The minimum Gasteiger partial charge on any atom is -0.492 e. The summed E-state index contributed by atoms with van der Waals surface area (Å²) < 4.78 is 58.7. The first kappa shape index (κ1) is 16.7. The van der Waals surface area contributed by atoms with Crippen molar-refractivity contribution in [3.63, 3.8) is 0 Å². The van der Waals surface area contributed by atoms with Gasteiger partial charge in [-0.25, -0.2) is 8.42 Å². The Bertz CT molecular complexity index is 667. The van der Waals surface area contributed by atoms with Crippen LogP contribution in [0.3, 0.4) is 0 Å². The maximum atomic E-state index is 11.3. The van der Waals surface area contributed by atoms with E-state index >= 15 is 0 Å². The van der Waals surface area contributed by atoms with Crippen molar-refractivity contribution in [1.29, 1.82) is 0 Å². The van der Waals surface area contributed by atoms with Crippen LogP contribution in [0.15, 0.2) is 23.1 Å². The fourth-order valence-electron chi connectivity index (χ4n) is 1.36. The zero-order valence-corrected chi connectivity index (χ0v) is 12.0. The number of aliphatic hydroxyl groups excluding tert-OH is 1. The Morgan fingerprint density at radius 2 is 1.80 bits per heavy atom. The van der Waals surface area contributed by atoms with E-state index < -0.39 is 31.5 Å². The molecule has 1 aromatic rings. The second-order valence-electron chi connectivity index (χ2n) is 3.90. The predicted molar refractivity (Wildman–Crippen MR) is 71.9 cm³/mol. The highest BCUT2D eigenvalue weighted by atomic mass is 32.2. The summed E-state index contributed by atoms with van der Waals surface area (Å²) in [6.45, 7) is -0.686. The van der Waals surface area contributed by atoms with E-state index in [4.69, 9.17) is 20.1 Å². The van der Waals surface area contributed by atoms with Gasteiger partial charge in [-0.3, -0.25) is 4.55 Å². The van der Waals surface area contributed by atoms with Gasteiger partial charge in [0.25, 0.3) is 10.1 Å². The molecule has 10 heteroatoms. The number of anilines is 1. The quantitative estimate of drug-likeness (QED) is 0.441. The molecule has 8 nitrogen and oxygen atoms in total. The maximum Gasteiger partial charge on any atom is 0.296 e. The van der Waals surface area contributed by atoms with Crippen LogP contribution in [-0.2, 0) is 20.0 Å². The highest BCUT2D eigenvalue weighted by Gasteiger charge is 2.15. The van der Waals surface area contributed by atoms with Gasteiger partial charge in [0.15, 0.2) is 9.84 Å². The van der Waals surface area contributed by atoms with Gasteiger partial charge in [0.1, 0.15) is 17.3 Å². The molecule has 0 fully saturated rings. The molecular formula is C10H15NO7S2. The van der Waals surface area contributed by atoms with E-state index in [2.05, 4.69) is 0 Å². The number of hydrogen-bond acceptors (Lipinski definition) is 7. The van der Waals surface area contributed by atoms with E-state index in [1.807, 2.05) is 0 Å². The first-order valence-corrected chi connectivity index (χ1v) is 8.73. The van der Waals surface area contributed by atoms with Crippen molar-refractivity contribution in [3.8, 4) is 5.75 Å². The molecule has 0 radical (unpaired) electrons. The van der Waals surface area contributed by atoms with Crippen LogP contribution >= 0.6 is 0 Å². The number of rotatable bonds is 7. The molecule has 114 valence electrons. The third-order valence-corrected chi connectivity index (χ3v) is 4.83. The molecule has 0 atom stereocenters. The molecule has 0 saturated carbocycles. The molecule has 0 spiro atoms. The van der Waals surface area contributed by atoms with E-state index in [1.165, 1.54) is 12.1 Å². The van der Waals surface area contributed by atoms with E-state index in [0.717, 1.165) is 6.07 Å². The topological polar surface area (TPSA) is 144 Å². The number of aliphatic hydroxyl groups is 1. The van der Waals surface area contributed by atoms with Crippen molar-refractivity contribution in [3.05, 3.63) is 18.2 Å². The molecule has 4 N–H and O–H groups in total. The molecule has 0 amide bonds. The van der Waals surface area contributed by atoms with Crippen LogP contribution in [-0.4, -0.2) is 51.2 Å². The first-order chi connectivity index (χ1) is 9.15. The predicted octanol–water partition coefficient (Wildman–Crippen LogP) is -0.699. The number of benzene rings is 1. The summed E-state index contributed by atoms with van der Waals surface area (Å²) in [7, 11) is -7.89. The van der Waals surface area contributed by atoms with Crippen LogP contribution in [0, 0.1) is 0 Å². The molecule has 0 saturated heterocycles. The highest BCUT2D eigenvalue weighted by Crippen LogP contribution is 2.23. The summed E-state index contributed by atoms with van der Waals surface area (Å²) in [6, 6.07) is 3.58. The Labute approximate surface area is 116 Å². The molecule has 20 heavy (non-hydrogen) atoms. The summed E-state index contributed by atoms with van der Waals surface area (Å²) >= 11 is 0. The van der Waals surface area contributed by atoms with Crippen LogP contribution < -0.4 is 10.5 Å². The van der Waals surface area contributed by atoms with Gasteiger partial charge < -0.3 is 15.6 Å². The second-order valence-corrected chi connectivity index (χ2v) is 7.59. The smallest absolute Gasteiger partial charge is 0.296 e. The molecule has 0 aliphatic rings. The largest absolute Gasteiger partial charge is 0.492 e. The third kappa shape index (κ3) is 4.96. The summed E-state index contributed by atoms with van der Waals surface area (Å²) in [5.41, 5.74) is 5.25. The lowest BCUT2D eigenvalue weighted by Gasteiger charge is -2.09. The lowest BCUT2D eigenvalue weighted by atomic mass is 10.3. The van der Waals surface area contributed by atoms with Crippen molar-refractivity contribution < 1.29 is 31.2 Å². The van der Waals surface area contributed by atoms with Gasteiger partial charge in [-0.15, -0.1) is 0 Å². The number of nitrogen functional groups attached to an aromatic ring is 1. The van der Waals surface area contributed by atoms with Crippen LogP contribution in [0.4, 0.5) is 5.69 Å². The monoisotopic (exact) mass is 325 g/mol. The van der Waals surface area contributed by atoms with Crippen molar-refractivity contribution in [2.75, 3.05) is 30.5 Å². The van der Waals surface area contributed by atoms with Gasteiger partial charge in [0, 0.05) is 6.07 Å². The Morgan fingerprint density at radius 3 is 2.35 bits per heavy atom. The molecule has 1 rings (SSSR count). The fourth-order valence-corrected chi connectivity index (χ4v) is 2.81. The van der Waals surface area contributed by atoms with E-state index in [-0.39, 0.29) is 29.5 Å². The van der Waals surface area contributed by atoms with Gasteiger partial charge in [-0.1, -0.05) is 0 Å². The molecule has 0 bridgehead atoms. The van der Waals surface area contributed by atoms with Crippen molar-refractivity contribution in [1.82, 2.24) is 0 Å². The minimum atomic E-state index is -4.47. The molecule has 0 heterocycles. The van der Waals surface area contributed by atoms with Crippen LogP contribution in [0.1, 0.15) is 0 Å². The number of hydrogen-bond donors (Lipinski definition) is 3. The molecule has 0 aliphatic carbocycles. The van der Waals surface area contributed by atoms with Crippen molar-refractivity contribution >= 4 is 25.6 Å². The Hall–Kier alpha value is -1.36. The lowest BCUT2D eigenvalue weighted by molar-refractivity contribution is 0.317. The lowest BCUT2D eigenvalue weighted by Crippen LogP contribution is -2.19. The highest BCUT2D eigenvalue weighted by molar-refractivity contribution is 7.91. The minimum absolute atomic E-state index is 0.0611. The van der Waals surface area contributed by atoms with E-state index in [0.29, 0.717) is 0 Å². The molecular weight excluding hydrogens is 310 g/mol. The van der Waals surface area contributed by atoms with Gasteiger partial charge in [0.2, 0.25) is 0 Å². The molecule has 0 aliphatic heterocycles. The Kier molecular flexibility index (Phi) is 5.34. The standard InChI is InChI=1S/C10H15NO7S2/c11-9-2-1-8(7-10(9)20(15,16)17)18-4-6-19(13,14)5-3-12/h1-2,7,12H,3-6,11H2,(H,15,16,17). The molecule has 1 aromatic carbocycles. The fraction of sp³-hybridized carbons (Fsp3) is 0.400. The SMILES string of the molecule is Nc1ccc(OCCS(=O)(=O)CCO)cc1S(=O)(=O)O. The van der Waals surface area contributed by atoms with Crippen LogP contribution in [0.25, 0.3) is 0 Å². The van der Waals surface area contributed by atoms with Crippen molar-refractivity contribution in [2.45, 2.75) is 4.90 Å². The zero-order valence-electron chi connectivity index (χ0n) is 10.4. The number of ether oxygens (including phenoxy) is 1. The number of nitrogens with two attached hydrogens (primary N) is 1. The average molecular weight is 325 g/mol. The first-order valence-electron chi connectivity index (χ1n) is 5.47. The van der Waals surface area contributed by atoms with E-state index in [9.17, 15) is 16.8 Å². The van der Waals surface area contributed by atoms with Gasteiger partial charge in [0.05, 0.1) is 23.8 Å². The van der Waals surface area contributed by atoms with E-state index in [1.54, 1.807) is 0 Å². The van der Waals surface area contributed by atoms with Crippen molar-refractivity contribution in [2.24, 2.45) is 0 Å². The van der Waals surface area contributed by atoms with Gasteiger partial charge >= 0.3 is 0 Å². The summed E-state index contributed by atoms with van der Waals surface area (Å²) in [5, 5.41) is 8.55. The average Bonchev–Trinajstić information content (AvgIpc) is 2.29. The zero-order chi connectivity index (χ0) is 15.4. The summed E-state index contributed by atoms with van der Waals surface area (Å²) in [5.74, 6) is -0.626. The summed E-state index contributed by atoms with van der Waals surface area (Å²) in [4.78, 5) is -0.506. The molecule has 0 aromatic heterocycles. The Morgan fingerprint density at radius 1 is 1.15 bits per heavy atom. The van der Waals surface area contributed by atoms with Crippen LogP contribution in [0.5, 0.6) is 5.75 Å². The van der Waals surface area contributed by atoms with Crippen LogP contribution in [0.2, 0.25) is 0 Å². The third-order valence-electron chi connectivity index (χ3n) is 2.33. The number of sulfone groups is 1.